The Balaban J connectivity index is 0. The van der Waals surface area contributed by atoms with Crippen molar-refractivity contribution >= 4 is 0 Å². The van der Waals surface area contributed by atoms with Crippen LogP contribution in [0.5, 0.6) is 0 Å². The van der Waals surface area contributed by atoms with E-state index < -0.39 is 0 Å². The van der Waals surface area contributed by atoms with Gasteiger partial charge < -0.3 is 24.8 Å². The van der Waals surface area contributed by atoms with Crippen molar-refractivity contribution in [1.29, 1.82) is 0 Å². The third-order valence-corrected chi connectivity index (χ3v) is 1.35. The molecule has 0 saturated heterocycles. The van der Waals surface area contributed by atoms with Gasteiger partial charge in [0.15, 0.2) is 0 Å². The van der Waals surface area contributed by atoms with E-state index in [1.54, 1.807) is 0 Å². The summed E-state index contributed by atoms with van der Waals surface area (Å²) in [6.07, 6.45) is 7.56. The Morgan fingerprint density at radius 3 is 2.12 bits per heavy atom. The van der Waals surface area contributed by atoms with Crippen LogP contribution in [0.3, 0.4) is 0 Å². The van der Waals surface area contributed by atoms with Gasteiger partial charge >= 0.3 is 49.0 Å². The summed E-state index contributed by atoms with van der Waals surface area (Å²) in [4.78, 5) is 0. The number of hydrogen-bond acceptors (Lipinski definition) is 0. The van der Waals surface area contributed by atoms with E-state index in [1.165, 1.54) is 10.3 Å². The van der Waals surface area contributed by atoms with Crippen LogP contribution in [-0.4, -0.2) is 0 Å². The number of allylic oxidation sites excluding steroid dienone is 4. The molecular weight excluding hydrogens is 179 g/mol. The van der Waals surface area contributed by atoms with Gasteiger partial charge in [-0.05, 0) is 0 Å². The average molecular weight is 184 g/mol. The molecule has 0 aromatic rings. The molecule has 0 saturated carbocycles. The van der Waals surface area contributed by atoms with Crippen molar-refractivity contribution in [3.63, 3.8) is 0 Å². The molecule has 43 valence electrons. The molecular formula is C5H5Cl2Ti. The van der Waals surface area contributed by atoms with E-state index in [1.807, 2.05) is 0 Å². The van der Waals surface area contributed by atoms with Crippen LogP contribution in [0.25, 0.3) is 0 Å². The van der Waals surface area contributed by atoms with E-state index in [-0.39, 0.29) is 24.8 Å². The molecule has 3 heteroatoms. The van der Waals surface area contributed by atoms with E-state index in [4.69, 9.17) is 0 Å². The fourth-order valence-electron chi connectivity index (χ4n) is 0.447. The molecule has 0 unspecified atom stereocenters. The molecule has 0 spiro atoms. The van der Waals surface area contributed by atoms with E-state index >= 15 is 0 Å². The Bertz CT molecular complexity index is 107. The second-order valence-electron chi connectivity index (χ2n) is 1.32. The van der Waals surface area contributed by atoms with Crippen molar-refractivity contribution in [2.45, 2.75) is 6.42 Å². The van der Waals surface area contributed by atoms with E-state index in [2.05, 4.69) is 38.7 Å². The molecule has 0 aromatic carbocycles. The first-order valence-corrected chi connectivity index (χ1v) is 2.75. The maximum atomic E-state index is 2.16. The summed E-state index contributed by atoms with van der Waals surface area (Å²) in [5, 5.41) is 0. The van der Waals surface area contributed by atoms with Gasteiger partial charge in [-0.2, -0.15) is 0 Å². The Labute approximate surface area is 73.6 Å². The van der Waals surface area contributed by atoms with Crippen LogP contribution in [0.15, 0.2) is 22.1 Å². The fraction of sp³-hybridized carbons (Fsp3) is 0.200. The molecule has 0 fully saturated rings. The molecule has 0 N–H and O–H groups in total. The predicted molar refractivity (Wildman–Crippen MR) is 21.8 cm³/mol. The van der Waals surface area contributed by atoms with Gasteiger partial charge in [0.1, 0.15) is 0 Å². The zero-order chi connectivity index (χ0) is 4.41. The van der Waals surface area contributed by atoms with Crippen LogP contribution in [0.2, 0.25) is 0 Å². The molecule has 0 aliphatic heterocycles. The Morgan fingerprint density at radius 2 is 2.00 bits per heavy atom. The summed E-state index contributed by atoms with van der Waals surface area (Å²) in [6.45, 7) is 0. The van der Waals surface area contributed by atoms with Crippen LogP contribution >= 0.6 is 0 Å². The van der Waals surface area contributed by atoms with Crippen LogP contribution in [-0.2, 0) is 20.4 Å². The third-order valence-electron chi connectivity index (χ3n) is 0.771. The van der Waals surface area contributed by atoms with Crippen molar-refractivity contribution in [3.8, 4) is 0 Å². The van der Waals surface area contributed by atoms with Crippen molar-refractivity contribution in [2.75, 3.05) is 0 Å². The third kappa shape index (κ3) is 3.74. The summed E-state index contributed by atoms with van der Waals surface area (Å²) in [7, 11) is 0. The molecule has 0 aromatic heterocycles. The average Bonchev–Trinajstić information content (AvgIpc) is 1.86. The van der Waals surface area contributed by atoms with E-state index in [0.717, 1.165) is 0 Å². The van der Waals surface area contributed by atoms with Gasteiger partial charge in [0.05, 0.1) is 0 Å². The Kier molecular flexibility index (Phi) is 8.53. The maximum absolute atomic E-state index is 2.16. The van der Waals surface area contributed by atoms with Gasteiger partial charge in [-0.3, -0.25) is 0 Å². The quantitative estimate of drug-likeness (QED) is 0.332. The topological polar surface area (TPSA) is 0 Å². The molecule has 0 heterocycles. The minimum atomic E-state index is 0. The standard InChI is InChI=1S/C5H5.2ClH.Ti/c1-2-4-5-3-1;;;/h1-3H,4H2;2*1H;/q;;;+2/p-2. The number of hydrogen-bond donors (Lipinski definition) is 0. The Hall–Kier alpha value is 0.774. The molecule has 8 heavy (non-hydrogen) atoms. The summed E-state index contributed by atoms with van der Waals surface area (Å²) >= 11 is 2.14. The van der Waals surface area contributed by atoms with Gasteiger partial charge in [-0.25, -0.2) is 0 Å². The number of halogens is 2. The fourth-order valence-corrected chi connectivity index (χ4v) is 0.782. The normalized spacial score (nSPS) is 14.0. The first-order chi connectivity index (χ1) is 2.89. The summed E-state index contributed by atoms with van der Waals surface area (Å²) in [5.41, 5.74) is 0. The van der Waals surface area contributed by atoms with E-state index in [9.17, 15) is 0 Å². The molecule has 0 amide bonds. The van der Waals surface area contributed by atoms with Crippen molar-refractivity contribution in [1.82, 2.24) is 0 Å². The van der Waals surface area contributed by atoms with Crippen LogP contribution in [0, 0.1) is 0 Å². The van der Waals surface area contributed by atoms with Gasteiger partial charge in [0.25, 0.3) is 0 Å². The summed E-state index contributed by atoms with van der Waals surface area (Å²) < 4.78 is 1.47. The predicted octanol–water partition coefficient (Wildman–Crippen LogP) is -4.61. The zero-order valence-corrected chi connectivity index (χ0v) is 7.27. The monoisotopic (exact) mass is 183 g/mol. The van der Waals surface area contributed by atoms with Gasteiger partial charge in [-0.15, -0.1) is 0 Å². The molecule has 0 radical (unpaired) electrons. The minimum absolute atomic E-state index is 0. The van der Waals surface area contributed by atoms with Crippen molar-refractivity contribution in [2.24, 2.45) is 0 Å². The van der Waals surface area contributed by atoms with Gasteiger partial charge in [0, 0.05) is 0 Å². The summed E-state index contributed by atoms with van der Waals surface area (Å²) in [6, 6.07) is 0. The first-order valence-electron chi connectivity index (χ1n) is 1.97. The van der Waals surface area contributed by atoms with Crippen LogP contribution in [0.1, 0.15) is 6.42 Å². The second kappa shape index (κ2) is 5.90. The first kappa shape index (κ1) is 11.6. The molecule has 0 atom stereocenters. The van der Waals surface area contributed by atoms with Crippen LogP contribution < -0.4 is 24.8 Å². The molecule has 1 aliphatic rings. The molecule has 0 bridgehead atoms. The SMILES string of the molecule is [Cl-].[Cl-].[Ti+2][C]1=CC=CC1. The van der Waals surface area contributed by atoms with Crippen LogP contribution in [0.4, 0.5) is 0 Å². The molecule has 1 aliphatic carbocycles. The van der Waals surface area contributed by atoms with Gasteiger partial charge in [-0.1, -0.05) is 0 Å². The summed E-state index contributed by atoms with van der Waals surface area (Å²) in [5.74, 6) is 0. The Morgan fingerprint density at radius 1 is 1.38 bits per heavy atom. The zero-order valence-electron chi connectivity index (χ0n) is 4.20. The second-order valence-corrected chi connectivity index (χ2v) is 2.33. The van der Waals surface area contributed by atoms with Gasteiger partial charge in [0.2, 0.25) is 0 Å². The number of rotatable bonds is 0. The van der Waals surface area contributed by atoms with Crippen molar-refractivity contribution < 1.29 is 45.2 Å². The van der Waals surface area contributed by atoms with E-state index in [0.29, 0.717) is 0 Å². The molecule has 1 rings (SSSR count). The van der Waals surface area contributed by atoms with Crippen molar-refractivity contribution in [3.05, 3.63) is 22.1 Å². The molecule has 0 nitrogen and oxygen atoms in total.